The fourth-order valence-electron chi connectivity index (χ4n) is 3.70. The number of para-hydroxylation sites is 2. The molecule has 2 heterocycles. The molecule has 1 N–H and O–H groups in total. The molecule has 4 aromatic rings. The molecule has 164 valence electrons. The number of nitrogens with zero attached hydrogens (tertiary/aromatic N) is 3. The number of aromatic nitrogens is 3. The Labute approximate surface area is 188 Å². The number of rotatable bonds is 8. The molecule has 4 rings (SSSR count). The Bertz CT molecular complexity index is 1180. The minimum Gasteiger partial charge on any atom is -0.492 e. The van der Waals surface area contributed by atoms with Crippen molar-refractivity contribution in [2.45, 2.75) is 39.3 Å². The van der Waals surface area contributed by atoms with E-state index in [0.29, 0.717) is 24.8 Å². The number of hydrogen-bond acceptors (Lipinski definition) is 4. The van der Waals surface area contributed by atoms with Crippen LogP contribution in [0.3, 0.4) is 0 Å². The van der Waals surface area contributed by atoms with Crippen LogP contribution in [0.5, 0.6) is 5.75 Å². The van der Waals surface area contributed by atoms with E-state index in [-0.39, 0.29) is 11.9 Å². The number of amides is 1. The first-order valence-electron chi connectivity index (χ1n) is 10.9. The van der Waals surface area contributed by atoms with Crippen molar-refractivity contribution in [2.75, 3.05) is 6.61 Å². The number of carbonyl (C=O) groups excluding carboxylic acids is 1. The van der Waals surface area contributed by atoms with Crippen LogP contribution in [0.1, 0.15) is 54.6 Å². The average molecular weight is 429 g/mol. The van der Waals surface area contributed by atoms with E-state index in [0.717, 1.165) is 22.6 Å². The Morgan fingerprint density at radius 3 is 2.47 bits per heavy atom. The highest BCUT2D eigenvalue weighted by Gasteiger charge is 2.19. The summed E-state index contributed by atoms with van der Waals surface area (Å²) < 4.78 is 8.11. The van der Waals surface area contributed by atoms with Gasteiger partial charge in [0.2, 0.25) is 0 Å². The standard InChI is InChI=1S/C26H28N4O2/c1-18(2)20-11-13-21(14-12-20)32-17-16-30-24-10-5-4-8-22(24)29-25(30)19(3)28-26(31)23-9-6-7-15-27-23/h4-15,18-19H,16-17H2,1-3H3,(H,28,31). The maximum Gasteiger partial charge on any atom is 0.270 e. The molecule has 0 spiro atoms. The molecule has 1 unspecified atom stereocenters. The van der Waals surface area contributed by atoms with Crippen molar-refractivity contribution >= 4 is 16.9 Å². The summed E-state index contributed by atoms with van der Waals surface area (Å²) in [5, 5.41) is 3.01. The lowest BCUT2D eigenvalue weighted by atomic mass is 10.0. The molecule has 0 fully saturated rings. The van der Waals surface area contributed by atoms with Crippen molar-refractivity contribution < 1.29 is 9.53 Å². The van der Waals surface area contributed by atoms with Gasteiger partial charge in [-0.2, -0.15) is 0 Å². The highest BCUT2D eigenvalue weighted by Crippen LogP contribution is 2.22. The molecule has 0 aliphatic rings. The van der Waals surface area contributed by atoms with Gasteiger partial charge >= 0.3 is 0 Å². The predicted molar refractivity (Wildman–Crippen MR) is 126 cm³/mol. The van der Waals surface area contributed by atoms with Gasteiger partial charge in [0.15, 0.2) is 0 Å². The quantitative estimate of drug-likeness (QED) is 0.423. The molecule has 0 bridgehead atoms. The van der Waals surface area contributed by atoms with Gasteiger partial charge in [-0.3, -0.25) is 9.78 Å². The number of pyridine rings is 1. The zero-order valence-corrected chi connectivity index (χ0v) is 18.7. The SMILES string of the molecule is CC(C)c1ccc(OCCn2c(C(C)NC(=O)c3ccccn3)nc3ccccc32)cc1. The van der Waals surface area contributed by atoms with Crippen LogP contribution in [0.15, 0.2) is 72.9 Å². The van der Waals surface area contributed by atoms with Gasteiger partial charge in [0.25, 0.3) is 5.91 Å². The Morgan fingerprint density at radius 2 is 1.75 bits per heavy atom. The van der Waals surface area contributed by atoms with E-state index >= 15 is 0 Å². The first-order chi connectivity index (χ1) is 15.5. The van der Waals surface area contributed by atoms with Crippen molar-refractivity contribution in [3.8, 4) is 5.75 Å². The Kier molecular flexibility index (Phi) is 6.50. The van der Waals surface area contributed by atoms with Crippen LogP contribution in [0.25, 0.3) is 11.0 Å². The monoisotopic (exact) mass is 428 g/mol. The lowest BCUT2D eigenvalue weighted by molar-refractivity contribution is 0.0932. The number of hydrogen-bond donors (Lipinski definition) is 1. The predicted octanol–water partition coefficient (Wildman–Crippen LogP) is 5.12. The molecular formula is C26H28N4O2. The van der Waals surface area contributed by atoms with Gasteiger partial charge in [-0.25, -0.2) is 4.98 Å². The fraction of sp³-hybridized carbons (Fsp3) is 0.269. The first-order valence-corrected chi connectivity index (χ1v) is 10.9. The molecule has 6 heteroatoms. The van der Waals surface area contributed by atoms with E-state index in [4.69, 9.17) is 9.72 Å². The fourth-order valence-corrected chi connectivity index (χ4v) is 3.70. The molecule has 0 aliphatic carbocycles. The molecule has 2 aromatic heterocycles. The maximum atomic E-state index is 12.6. The number of benzene rings is 2. The molecule has 6 nitrogen and oxygen atoms in total. The molecule has 1 atom stereocenters. The van der Waals surface area contributed by atoms with Crippen molar-refractivity contribution in [3.05, 3.63) is 90.0 Å². The van der Waals surface area contributed by atoms with E-state index in [9.17, 15) is 4.79 Å². The smallest absolute Gasteiger partial charge is 0.270 e. The average Bonchev–Trinajstić information content (AvgIpc) is 3.19. The van der Waals surface area contributed by atoms with Gasteiger partial charge in [-0.15, -0.1) is 0 Å². The Morgan fingerprint density at radius 1 is 1.00 bits per heavy atom. The highest BCUT2D eigenvalue weighted by atomic mass is 16.5. The number of imidazole rings is 1. The van der Waals surface area contributed by atoms with E-state index < -0.39 is 0 Å². The molecule has 1 amide bonds. The van der Waals surface area contributed by atoms with Crippen LogP contribution in [-0.4, -0.2) is 27.0 Å². The number of nitrogens with one attached hydrogen (secondary N) is 1. The third kappa shape index (κ3) is 4.80. The highest BCUT2D eigenvalue weighted by molar-refractivity contribution is 5.92. The first kappa shape index (κ1) is 21.6. The van der Waals surface area contributed by atoms with Gasteiger partial charge in [0, 0.05) is 6.20 Å². The van der Waals surface area contributed by atoms with Crippen molar-refractivity contribution in [3.63, 3.8) is 0 Å². The van der Waals surface area contributed by atoms with E-state index in [1.165, 1.54) is 5.56 Å². The molecular weight excluding hydrogens is 400 g/mol. The van der Waals surface area contributed by atoms with Crippen molar-refractivity contribution in [1.29, 1.82) is 0 Å². The van der Waals surface area contributed by atoms with Crippen LogP contribution >= 0.6 is 0 Å². The van der Waals surface area contributed by atoms with Crippen LogP contribution in [0.4, 0.5) is 0 Å². The molecule has 0 saturated carbocycles. The summed E-state index contributed by atoms with van der Waals surface area (Å²) in [4.78, 5) is 21.5. The molecule has 0 aliphatic heterocycles. The lowest BCUT2D eigenvalue weighted by Gasteiger charge is -2.17. The van der Waals surface area contributed by atoms with Gasteiger partial charge < -0.3 is 14.6 Å². The zero-order valence-electron chi connectivity index (χ0n) is 18.7. The Balaban J connectivity index is 1.50. The van der Waals surface area contributed by atoms with Crippen LogP contribution < -0.4 is 10.1 Å². The third-order valence-corrected chi connectivity index (χ3v) is 5.45. The zero-order chi connectivity index (χ0) is 22.5. The summed E-state index contributed by atoms with van der Waals surface area (Å²) in [6.45, 7) is 7.40. The van der Waals surface area contributed by atoms with Crippen molar-refractivity contribution in [2.24, 2.45) is 0 Å². The molecule has 0 saturated heterocycles. The number of ether oxygens (including phenoxy) is 1. The molecule has 32 heavy (non-hydrogen) atoms. The largest absolute Gasteiger partial charge is 0.492 e. The van der Waals surface area contributed by atoms with Crippen LogP contribution in [-0.2, 0) is 6.54 Å². The van der Waals surface area contributed by atoms with E-state index in [2.05, 4.69) is 40.8 Å². The summed E-state index contributed by atoms with van der Waals surface area (Å²) in [6.07, 6.45) is 1.61. The van der Waals surface area contributed by atoms with E-state index in [1.807, 2.05) is 43.3 Å². The third-order valence-electron chi connectivity index (χ3n) is 5.45. The summed E-state index contributed by atoms with van der Waals surface area (Å²) in [5.41, 5.74) is 3.58. The minimum absolute atomic E-state index is 0.224. The van der Waals surface area contributed by atoms with Crippen LogP contribution in [0, 0.1) is 0 Å². The summed E-state index contributed by atoms with van der Waals surface area (Å²) >= 11 is 0. The lowest BCUT2D eigenvalue weighted by Crippen LogP contribution is -2.29. The van der Waals surface area contributed by atoms with Gasteiger partial charge in [0.05, 0.1) is 23.6 Å². The van der Waals surface area contributed by atoms with Gasteiger partial charge in [-0.05, 0) is 54.8 Å². The number of fused-ring (bicyclic) bond motifs is 1. The van der Waals surface area contributed by atoms with Gasteiger partial charge in [-0.1, -0.05) is 44.2 Å². The second kappa shape index (κ2) is 9.64. The molecule has 2 aromatic carbocycles. The summed E-state index contributed by atoms with van der Waals surface area (Å²) in [5.74, 6) is 1.90. The topological polar surface area (TPSA) is 69.0 Å². The summed E-state index contributed by atoms with van der Waals surface area (Å²) in [7, 11) is 0. The second-order valence-corrected chi connectivity index (χ2v) is 8.09. The minimum atomic E-state index is -0.290. The van der Waals surface area contributed by atoms with Crippen LogP contribution in [0.2, 0.25) is 0 Å². The van der Waals surface area contributed by atoms with E-state index in [1.54, 1.807) is 24.4 Å². The van der Waals surface area contributed by atoms with Crippen molar-refractivity contribution in [1.82, 2.24) is 19.9 Å². The maximum absolute atomic E-state index is 12.6. The normalized spacial score (nSPS) is 12.1. The summed E-state index contributed by atoms with van der Waals surface area (Å²) in [6, 6.07) is 21.2. The Hall–Kier alpha value is -3.67. The van der Waals surface area contributed by atoms with Gasteiger partial charge in [0.1, 0.15) is 23.9 Å². The number of carbonyl (C=O) groups is 1. The molecule has 0 radical (unpaired) electrons. The second-order valence-electron chi connectivity index (χ2n) is 8.09.